The summed E-state index contributed by atoms with van der Waals surface area (Å²) in [4.78, 5) is 5.42. The highest BCUT2D eigenvalue weighted by atomic mass is 32.2. The molecule has 0 aromatic carbocycles. The summed E-state index contributed by atoms with van der Waals surface area (Å²) in [6.07, 6.45) is 0. The van der Waals surface area contributed by atoms with Crippen molar-refractivity contribution in [3.05, 3.63) is 11.4 Å². The Morgan fingerprint density at radius 1 is 1.50 bits per heavy atom. The Bertz CT molecular complexity index is 226. The number of aliphatic imine (C=N–C) groups is 1. The molecule has 1 aromatic rings. The quantitative estimate of drug-likeness (QED) is 0.537. The molecule has 1 radical (unpaired) electrons. The zero-order valence-electron chi connectivity index (χ0n) is 4.00. The van der Waals surface area contributed by atoms with Crippen LogP contribution in [0.4, 0.5) is 5.00 Å². The number of hydrogen-bond acceptors (Lipinski definition) is 3. The summed E-state index contributed by atoms with van der Waals surface area (Å²) >= 11 is 3.39. The van der Waals surface area contributed by atoms with E-state index in [0.29, 0.717) is 0 Å². The minimum Gasteiger partial charge on any atom is -0.0695 e. The molecule has 0 aliphatic carbocycles. The summed E-state index contributed by atoms with van der Waals surface area (Å²) in [5, 5.41) is 3.23. The third kappa shape index (κ3) is 0.516. The monoisotopic (exact) mass is 141 g/mol. The molecule has 0 atom stereocenters. The van der Waals surface area contributed by atoms with Gasteiger partial charge in [-0.2, -0.15) is 0 Å². The molecular formula is C5H3NS2+. The van der Waals surface area contributed by atoms with Crippen LogP contribution >= 0.6 is 23.1 Å². The van der Waals surface area contributed by atoms with Gasteiger partial charge in [-0.1, -0.05) is 11.3 Å². The van der Waals surface area contributed by atoms with Gasteiger partial charge in [0.1, 0.15) is 4.90 Å². The Kier molecular flexibility index (Phi) is 0.917. The van der Waals surface area contributed by atoms with E-state index in [1.54, 1.807) is 23.1 Å². The van der Waals surface area contributed by atoms with E-state index in [4.69, 9.17) is 0 Å². The molecule has 0 unspecified atom stereocenters. The van der Waals surface area contributed by atoms with Crippen LogP contribution in [0.5, 0.6) is 0 Å². The van der Waals surface area contributed by atoms with E-state index in [1.165, 1.54) is 4.90 Å². The van der Waals surface area contributed by atoms with Crippen molar-refractivity contribution < 1.29 is 0 Å². The lowest BCUT2D eigenvalue weighted by atomic mass is 10.6. The van der Waals surface area contributed by atoms with Crippen molar-refractivity contribution in [3.8, 4) is 0 Å². The van der Waals surface area contributed by atoms with Crippen LogP contribution in [0.1, 0.15) is 0 Å². The third-order valence-electron chi connectivity index (χ3n) is 0.960. The number of thiophene rings is 1. The molecule has 0 N–H and O–H groups in total. The largest absolute Gasteiger partial charge is 0.346 e. The van der Waals surface area contributed by atoms with Gasteiger partial charge < -0.3 is 0 Å². The molecule has 39 valence electrons. The van der Waals surface area contributed by atoms with E-state index in [-0.39, 0.29) is 0 Å². The lowest BCUT2D eigenvalue weighted by Crippen LogP contribution is -1.63. The van der Waals surface area contributed by atoms with E-state index in [9.17, 15) is 0 Å². The molecular weight excluding hydrogens is 138 g/mol. The summed E-state index contributed by atoms with van der Waals surface area (Å²) in [6, 6.07) is 2.09. The molecule has 0 amide bonds. The van der Waals surface area contributed by atoms with E-state index < -0.39 is 0 Å². The maximum Gasteiger partial charge on any atom is 0.346 e. The maximum atomic E-state index is 4.12. The first kappa shape index (κ1) is 4.58. The molecule has 0 spiro atoms. The van der Waals surface area contributed by atoms with Crippen LogP contribution in [0.3, 0.4) is 0 Å². The Labute approximate surface area is 55.4 Å². The molecule has 1 nitrogen and oxygen atoms in total. The van der Waals surface area contributed by atoms with Crippen LogP contribution in [0.25, 0.3) is 0 Å². The lowest BCUT2D eigenvalue weighted by Gasteiger charge is -1.67. The fourth-order valence-electron chi connectivity index (χ4n) is 0.604. The SMILES string of the molecule is C1=[N+]c2sccc2S1. The lowest BCUT2D eigenvalue weighted by molar-refractivity contribution is 1.41. The average Bonchev–Trinajstić information content (AvgIpc) is 2.15. The Morgan fingerprint density at radius 2 is 2.50 bits per heavy atom. The van der Waals surface area contributed by atoms with Crippen LogP contribution in [-0.4, -0.2) is 5.55 Å². The molecule has 0 fully saturated rings. The van der Waals surface area contributed by atoms with E-state index >= 15 is 0 Å². The van der Waals surface area contributed by atoms with Gasteiger partial charge in [0, 0.05) is 0 Å². The summed E-state index contributed by atoms with van der Waals surface area (Å²) < 4.78 is 0. The second-order valence-corrected chi connectivity index (χ2v) is 3.22. The standard InChI is InChI=1S/C5H3NS2/c1-2-7-5-4(1)8-3-6-5/h1-3H/q+1. The number of hydrogen-bond donors (Lipinski definition) is 0. The summed E-state index contributed by atoms with van der Waals surface area (Å²) in [5.74, 6) is 0. The molecule has 0 saturated heterocycles. The third-order valence-corrected chi connectivity index (χ3v) is 2.70. The molecule has 1 aliphatic heterocycles. The van der Waals surface area contributed by atoms with Gasteiger partial charge in [-0.3, -0.25) is 0 Å². The fourth-order valence-corrected chi connectivity index (χ4v) is 2.25. The van der Waals surface area contributed by atoms with E-state index in [1.807, 2.05) is 5.55 Å². The van der Waals surface area contributed by atoms with Gasteiger partial charge in [0.15, 0.2) is 0 Å². The second kappa shape index (κ2) is 1.60. The molecule has 0 saturated carbocycles. The summed E-state index contributed by atoms with van der Waals surface area (Å²) in [5.41, 5.74) is 1.88. The highest BCUT2D eigenvalue weighted by Crippen LogP contribution is 2.33. The highest BCUT2D eigenvalue weighted by molar-refractivity contribution is 8.12. The van der Waals surface area contributed by atoms with Gasteiger partial charge >= 0.3 is 5.00 Å². The smallest absolute Gasteiger partial charge is 0.0695 e. The first-order chi connectivity index (χ1) is 3.97. The molecule has 2 rings (SSSR count). The van der Waals surface area contributed by atoms with Crippen LogP contribution in [0, 0.1) is 0 Å². The second-order valence-electron chi connectivity index (χ2n) is 1.44. The predicted molar refractivity (Wildman–Crippen MR) is 38.0 cm³/mol. The Morgan fingerprint density at radius 3 is 3.38 bits per heavy atom. The van der Waals surface area contributed by atoms with Gasteiger partial charge in [0.25, 0.3) is 5.55 Å². The molecule has 1 aliphatic rings. The number of thioether (sulfide) groups is 1. The Balaban J connectivity index is 2.67. The molecule has 8 heavy (non-hydrogen) atoms. The minimum absolute atomic E-state index is 1.16. The zero-order chi connectivity index (χ0) is 5.40. The van der Waals surface area contributed by atoms with Crippen LogP contribution in [0.2, 0.25) is 0 Å². The molecule has 3 heteroatoms. The molecule has 2 heterocycles. The van der Waals surface area contributed by atoms with Crippen LogP contribution < -0.4 is 4.99 Å². The fraction of sp³-hybridized carbons (Fsp3) is 0. The van der Waals surface area contributed by atoms with Crippen molar-refractivity contribution in [1.29, 1.82) is 0 Å². The van der Waals surface area contributed by atoms with Crippen molar-refractivity contribution in [1.82, 2.24) is 4.99 Å². The van der Waals surface area contributed by atoms with Crippen molar-refractivity contribution in [3.63, 3.8) is 0 Å². The first-order valence-corrected chi connectivity index (χ1v) is 3.99. The van der Waals surface area contributed by atoms with Crippen molar-refractivity contribution in [2.45, 2.75) is 4.90 Å². The normalized spacial score (nSPS) is 14.5. The molecule has 1 aromatic heterocycles. The van der Waals surface area contributed by atoms with Crippen molar-refractivity contribution >= 4 is 33.6 Å². The summed E-state index contributed by atoms with van der Waals surface area (Å²) in [6.45, 7) is 0. The van der Waals surface area contributed by atoms with Gasteiger partial charge in [-0.25, -0.2) is 0 Å². The van der Waals surface area contributed by atoms with E-state index in [2.05, 4.69) is 16.4 Å². The molecule has 0 bridgehead atoms. The predicted octanol–water partition coefficient (Wildman–Crippen LogP) is 1.85. The first-order valence-electron chi connectivity index (χ1n) is 2.23. The van der Waals surface area contributed by atoms with Gasteiger partial charge in [0.2, 0.25) is 0 Å². The van der Waals surface area contributed by atoms with Gasteiger partial charge in [-0.15, -0.1) is 0 Å². The number of fused-ring (bicyclic) bond motifs is 1. The van der Waals surface area contributed by atoms with Crippen molar-refractivity contribution in [2.75, 3.05) is 0 Å². The number of nitrogens with zero attached hydrogens (tertiary/aromatic N) is 1. The van der Waals surface area contributed by atoms with Gasteiger partial charge in [0.05, 0.1) is 4.99 Å². The average molecular weight is 141 g/mol. The topological polar surface area (TPSA) is 14.1 Å². The zero-order valence-corrected chi connectivity index (χ0v) is 5.63. The van der Waals surface area contributed by atoms with Crippen LogP contribution in [0.15, 0.2) is 16.3 Å². The van der Waals surface area contributed by atoms with Crippen LogP contribution in [-0.2, 0) is 0 Å². The highest BCUT2D eigenvalue weighted by Gasteiger charge is 2.19. The maximum absolute atomic E-state index is 4.12. The van der Waals surface area contributed by atoms with Crippen molar-refractivity contribution in [2.24, 2.45) is 0 Å². The summed E-state index contributed by atoms with van der Waals surface area (Å²) in [7, 11) is 0. The van der Waals surface area contributed by atoms with Gasteiger partial charge in [-0.05, 0) is 23.2 Å². The number of rotatable bonds is 0. The Hall–Kier alpha value is -0.280. The van der Waals surface area contributed by atoms with E-state index in [0.717, 1.165) is 5.00 Å². The minimum atomic E-state index is 1.16.